The lowest BCUT2D eigenvalue weighted by atomic mass is 9.86. The van der Waals surface area contributed by atoms with Crippen LogP contribution in [0.5, 0.6) is 0 Å². The maximum atomic E-state index is 10.7. The number of carbonyl (C=O) groups is 1. The summed E-state index contributed by atoms with van der Waals surface area (Å²) in [7, 11) is 0. The number of rotatable bonds is 2. The van der Waals surface area contributed by atoms with Gasteiger partial charge in [-0.1, -0.05) is 6.08 Å². The Kier molecular flexibility index (Phi) is 1.76. The van der Waals surface area contributed by atoms with Crippen molar-refractivity contribution in [1.82, 2.24) is 5.32 Å². The Morgan fingerprint density at radius 2 is 2.50 bits per heavy atom. The summed E-state index contributed by atoms with van der Waals surface area (Å²) in [5.74, 6) is -0.364. The fourth-order valence-electron chi connectivity index (χ4n) is 1.14. The molecule has 0 aromatic heterocycles. The molecule has 0 aliphatic carbocycles. The summed E-state index contributed by atoms with van der Waals surface area (Å²) in [5, 5.41) is 11.6. The Morgan fingerprint density at radius 3 is 2.70 bits per heavy atom. The van der Waals surface area contributed by atoms with Gasteiger partial charge in [-0.3, -0.25) is 4.79 Å². The summed E-state index contributed by atoms with van der Waals surface area (Å²) in [6.45, 7) is 5.13. The topological polar surface area (TPSA) is 49.3 Å². The summed E-state index contributed by atoms with van der Waals surface area (Å²) in [6.07, 6.45) is 1.07. The lowest BCUT2D eigenvalue weighted by Crippen LogP contribution is -2.60. The van der Waals surface area contributed by atoms with Crippen LogP contribution in [0.4, 0.5) is 0 Å². The van der Waals surface area contributed by atoms with E-state index in [9.17, 15) is 4.79 Å². The molecule has 56 valence electrons. The van der Waals surface area contributed by atoms with Crippen molar-refractivity contribution < 1.29 is 9.90 Å². The van der Waals surface area contributed by atoms with E-state index in [1.165, 1.54) is 0 Å². The van der Waals surface area contributed by atoms with E-state index >= 15 is 0 Å². The average molecular weight is 141 g/mol. The fourth-order valence-corrected chi connectivity index (χ4v) is 1.14. The molecule has 3 nitrogen and oxygen atoms in total. The maximum Gasteiger partial charge on any atom is 0.228 e. The van der Waals surface area contributed by atoms with Crippen molar-refractivity contribution in [3.05, 3.63) is 12.7 Å². The Balaban J connectivity index is 2.55. The standard InChI is InChI=1S/C7H11NO2/c1-3-5-6(4(2)9)7(10)8-5/h3-6,9H,1H2,2H3,(H,8,10)/t4-,5-,6+/m0/s1. The van der Waals surface area contributed by atoms with Gasteiger partial charge in [0.05, 0.1) is 18.1 Å². The summed E-state index contributed by atoms with van der Waals surface area (Å²) in [6, 6.07) is -0.0347. The van der Waals surface area contributed by atoms with E-state index in [0.717, 1.165) is 0 Å². The molecule has 0 aromatic rings. The van der Waals surface area contributed by atoms with Crippen molar-refractivity contribution in [1.29, 1.82) is 0 Å². The van der Waals surface area contributed by atoms with E-state index in [-0.39, 0.29) is 17.9 Å². The van der Waals surface area contributed by atoms with E-state index in [1.54, 1.807) is 13.0 Å². The van der Waals surface area contributed by atoms with Gasteiger partial charge in [0.1, 0.15) is 0 Å². The first kappa shape index (κ1) is 7.28. The molecule has 0 radical (unpaired) electrons. The lowest BCUT2D eigenvalue weighted by Gasteiger charge is -2.36. The van der Waals surface area contributed by atoms with Crippen molar-refractivity contribution in [2.75, 3.05) is 0 Å². The number of amides is 1. The first-order valence-electron chi connectivity index (χ1n) is 3.28. The lowest BCUT2D eigenvalue weighted by molar-refractivity contribution is -0.138. The highest BCUT2D eigenvalue weighted by atomic mass is 16.3. The molecule has 1 fully saturated rings. The van der Waals surface area contributed by atoms with E-state index in [2.05, 4.69) is 11.9 Å². The van der Waals surface area contributed by atoms with Crippen molar-refractivity contribution in [3.63, 3.8) is 0 Å². The summed E-state index contributed by atoms with van der Waals surface area (Å²) >= 11 is 0. The minimum Gasteiger partial charge on any atom is -0.392 e. The second kappa shape index (κ2) is 2.42. The highest BCUT2D eigenvalue weighted by Crippen LogP contribution is 2.19. The van der Waals surface area contributed by atoms with Crippen molar-refractivity contribution in [3.8, 4) is 0 Å². The van der Waals surface area contributed by atoms with E-state index < -0.39 is 6.10 Å². The van der Waals surface area contributed by atoms with Gasteiger partial charge in [-0.25, -0.2) is 0 Å². The molecule has 0 aromatic carbocycles. The molecule has 1 rings (SSSR count). The van der Waals surface area contributed by atoms with E-state index in [4.69, 9.17) is 5.11 Å². The minimum atomic E-state index is -0.572. The molecule has 0 spiro atoms. The first-order valence-corrected chi connectivity index (χ1v) is 3.28. The third kappa shape index (κ3) is 0.926. The second-order valence-electron chi connectivity index (χ2n) is 2.54. The minimum absolute atomic E-state index is 0.0347. The van der Waals surface area contributed by atoms with Crippen molar-refractivity contribution >= 4 is 5.91 Å². The Bertz CT molecular complexity index is 165. The molecule has 10 heavy (non-hydrogen) atoms. The fraction of sp³-hybridized carbons (Fsp3) is 0.571. The molecular weight excluding hydrogens is 130 g/mol. The largest absolute Gasteiger partial charge is 0.392 e. The van der Waals surface area contributed by atoms with Crippen LogP contribution >= 0.6 is 0 Å². The van der Waals surface area contributed by atoms with Gasteiger partial charge in [0, 0.05) is 0 Å². The van der Waals surface area contributed by atoms with Crippen LogP contribution in [0.1, 0.15) is 6.92 Å². The predicted molar refractivity (Wildman–Crippen MR) is 37.3 cm³/mol. The molecule has 1 aliphatic heterocycles. The molecular formula is C7H11NO2. The number of hydrogen-bond acceptors (Lipinski definition) is 2. The van der Waals surface area contributed by atoms with Crippen LogP contribution in [0.3, 0.4) is 0 Å². The van der Waals surface area contributed by atoms with Gasteiger partial charge in [-0.15, -0.1) is 6.58 Å². The van der Waals surface area contributed by atoms with Gasteiger partial charge in [-0.05, 0) is 6.92 Å². The number of aliphatic hydroxyl groups excluding tert-OH is 1. The number of nitrogens with one attached hydrogen (secondary N) is 1. The molecule has 2 N–H and O–H groups in total. The Morgan fingerprint density at radius 1 is 1.90 bits per heavy atom. The third-order valence-corrected chi connectivity index (χ3v) is 1.77. The maximum absolute atomic E-state index is 10.7. The van der Waals surface area contributed by atoms with Crippen LogP contribution in [0.2, 0.25) is 0 Å². The van der Waals surface area contributed by atoms with Crippen molar-refractivity contribution in [2.45, 2.75) is 19.1 Å². The molecule has 0 saturated carbocycles. The molecule has 0 bridgehead atoms. The van der Waals surface area contributed by atoms with Gasteiger partial charge in [0.2, 0.25) is 5.91 Å². The molecule has 3 heteroatoms. The number of aliphatic hydroxyl groups is 1. The van der Waals surface area contributed by atoms with E-state index in [0.29, 0.717) is 0 Å². The van der Waals surface area contributed by atoms with Gasteiger partial charge < -0.3 is 10.4 Å². The Labute approximate surface area is 59.7 Å². The summed E-state index contributed by atoms with van der Waals surface area (Å²) in [4.78, 5) is 10.7. The van der Waals surface area contributed by atoms with Crippen LogP contribution in [0, 0.1) is 5.92 Å². The summed E-state index contributed by atoms with van der Waals surface area (Å²) < 4.78 is 0. The highest BCUT2D eigenvalue weighted by Gasteiger charge is 2.40. The van der Waals surface area contributed by atoms with Crippen LogP contribution in [-0.4, -0.2) is 23.2 Å². The predicted octanol–water partition coefficient (Wildman–Crippen LogP) is -0.332. The monoisotopic (exact) mass is 141 g/mol. The van der Waals surface area contributed by atoms with Crippen LogP contribution in [-0.2, 0) is 4.79 Å². The highest BCUT2D eigenvalue weighted by molar-refractivity contribution is 5.87. The SMILES string of the molecule is C=C[C@@H]1NC(=O)[C@@H]1[C@H](C)O. The van der Waals surface area contributed by atoms with E-state index in [1.807, 2.05) is 0 Å². The zero-order chi connectivity index (χ0) is 7.72. The second-order valence-corrected chi connectivity index (χ2v) is 2.54. The first-order chi connectivity index (χ1) is 4.66. The molecule has 1 aliphatic rings. The van der Waals surface area contributed by atoms with Crippen molar-refractivity contribution in [2.24, 2.45) is 5.92 Å². The number of β-lactam (4-membered cyclic amide) rings is 1. The van der Waals surface area contributed by atoms with Crippen LogP contribution in [0.15, 0.2) is 12.7 Å². The van der Waals surface area contributed by atoms with Gasteiger partial charge in [0.25, 0.3) is 0 Å². The number of carbonyl (C=O) groups excluding carboxylic acids is 1. The quantitative estimate of drug-likeness (QED) is 0.408. The van der Waals surface area contributed by atoms with Crippen LogP contribution < -0.4 is 5.32 Å². The normalized spacial score (nSPS) is 34.0. The molecule has 1 heterocycles. The number of hydrogen-bond donors (Lipinski definition) is 2. The molecule has 1 saturated heterocycles. The third-order valence-electron chi connectivity index (χ3n) is 1.77. The van der Waals surface area contributed by atoms with Gasteiger partial charge >= 0.3 is 0 Å². The van der Waals surface area contributed by atoms with Crippen LogP contribution in [0.25, 0.3) is 0 Å². The smallest absolute Gasteiger partial charge is 0.228 e. The zero-order valence-corrected chi connectivity index (χ0v) is 5.87. The zero-order valence-electron chi connectivity index (χ0n) is 5.87. The summed E-state index contributed by atoms with van der Waals surface area (Å²) in [5.41, 5.74) is 0. The molecule has 3 atom stereocenters. The van der Waals surface area contributed by atoms with Gasteiger partial charge in [-0.2, -0.15) is 0 Å². The average Bonchev–Trinajstić information content (AvgIpc) is 1.80. The van der Waals surface area contributed by atoms with Gasteiger partial charge in [0.15, 0.2) is 0 Å². The molecule has 1 amide bonds. The Hall–Kier alpha value is -0.830. The molecule has 0 unspecified atom stereocenters.